The highest BCUT2D eigenvalue weighted by molar-refractivity contribution is 7.47. The van der Waals surface area contributed by atoms with Gasteiger partial charge in [0.15, 0.2) is 12.2 Å². The molecule has 17 nitrogen and oxygen atoms in total. The van der Waals surface area contributed by atoms with Crippen molar-refractivity contribution in [3.63, 3.8) is 0 Å². The number of hydrogen-bond donors (Lipinski definition) is 3. The van der Waals surface area contributed by atoms with Gasteiger partial charge >= 0.3 is 39.5 Å². The van der Waals surface area contributed by atoms with E-state index in [1.807, 2.05) is 0 Å². The minimum absolute atomic E-state index is 0.0905. The smallest absolute Gasteiger partial charge is 0.462 e. The second-order valence-corrected chi connectivity index (χ2v) is 29.5. The lowest BCUT2D eigenvalue weighted by molar-refractivity contribution is -0.161. The highest BCUT2D eigenvalue weighted by atomic mass is 31.2. The van der Waals surface area contributed by atoms with Gasteiger partial charge in [-0.2, -0.15) is 0 Å². The molecule has 5 atom stereocenters. The molecule has 0 aromatic rings. The number of phosphoric acid groups is 2. The molecule has 0 aliphatic heterocycles. The van der Waals surface area contributed by atoms with Crippen molar-refractivity contribution >= 4 is 39.5 Å². The summed E-state index contributed by atoms with van der Waals surface area (Å²) in [6, 6.07) is 0. The van der Waals surface area contributed by atoms with Crippen molar-refractivity contribution in [3.8, 4) is 0 Å². The van der Waals surface area contributed by atoms with E-state index in [4.69, 9.17) is 37.0 Å². The first-order valence-corrected chi connectivity index (χ1v) is 42.5. The van der Waals surface area contributed by atoms with E-state index in [0.717, 1.165) is 135 Å². The fourth-order valence-corrected chi connectivity index (χ4v) is 12.6. The maximum absolute atomic E-state index is 13.1. The van der Waals surface area contributed by atoms with E-state index in [-0.39, 0.29) is 25.7 Å². The molecule has 5 unspecified atom stereocenters. The Balaban J connectivity index is 5.32. The number of ether oxygens (including phenoxy) is 4. The molecule has 98 heavy (non-hydrogen) atoms. The Morgan fingerprint density at radius 2 is 0.531 bits per heavy atom. The number of carbonyl (C=O) groups excluding carboxylic acids is 4. The minimum atomic E-state index is -4.97. The fourth-order valence-electron chi connectivity index (χ4n) is 11.0. The lowest BCUT2D eigenvalue weighted by Gasteiger charge is -2.21. The van der Waals surface area contributed by atoms with Crippen LogP contribution in [-0.2, 0) is 65.4 Å². The van der Waals surface area contributed by atoms with E-state index in [1.165, 1.54) is 148 Å². The third-order valence-electron chi connectivity index (χ3n) is 17.0. The molecule has 0 rings (SSSR count). The molecule has 0 bridgehead atoms. The monoisotopic (exact) mass is 1430 g/mol. The quantitative estimate of drug-likeness (QED) is 0.0169. The second-order valence-electron chi connectivity index (χ2n) is 26.6. The molecule has 19 heteroatoms. The molecule has 0 saturated heterocycles. The standard InChI is InChI=1S/C79H144O17P2/c1-5-9-13-17-21-25-29-33-35-36-38-42-44-48-52-56-60-64-77(82)90-70-75(96-79(84)66-62-58-54-50-46-40-32-28-24-20-16-12-8-4)72-94-98(87,88)92-68-73(80)67-91-97(85,86)93-71-74(95-78(83)65-61-57-53-49-45-39-31-27-23-19-15-11-7-3)69-89-76(81)63-59-55-51-47-43-41-37-34-30-26-22-18-14-10-6-2/h9,13,21,25,27,31,33,35,38,42,73-75,80H,5-8,10-12,14-20,22-24,26,28-30,32,34,36-37,39-41,43-72H2,1-4H3,(H,85,86)(H,87,88)/b13-9-,25-21-,31-27-,35-33-,42-38-. The normalized spacial score (nSPS) is 14.2. The zero-order valence-corrected chi connectivity index (χ0v) is 64.3. The summed E-state index contributed by atoms with van der Waals surface area (Å²) >= 11 is 0. The number of carbonyl (C=O) groups is 4. The molecular weight excluding hydrogens is 1280 g/mol. The number of hydrogen-bond acceptors (Lipinski definition) is 15. The first-order valence-electron chi connectivity index (χ1n) is 39.5. The Morgan fingerprint density at radius 3 is 0.837 bits per heavy atom. The van der Waals surface area contributed by atoms with Crippen LogP contribution in [0, 0.1) is 0 Å². The first-order chi connectivity index (χ1) is 47.7. The fraction of sp³-hybridized carbons (Fsp3) is 0.823. The van der Waals surface area contributed by atoms with Crippen LogP contribution in [0.25, 0.3) is 0 Å². The molecular formula is C79H144O17P2. The molecule has 0 aromatic carbocycles. The second kappa shape index (κ2) is 72.1. The van der Waals surface area contributed by atoms with Crippen LogP contribution in [0.3, 0.4) is 0 Å². The Labute approximate surface area is 597 Å². The number of esters is 4. The van der Waals surface area contributed by atoms with Gasteiger partial charge < -0.3 is 33.8 Å². The molecule has 0 aromatic heterocycles. The van der Waals surface area contributed by atoms with E-state index in [0.29, 0.717) is 25.7 Å². The van der Waals surface area contributed by atoms with Crippen molar-refractivity contribution in [2.45, 2.75) is 380 Å². The topological polar surface area (TPSA) is 237 Å². The van der Waals surface area contributed by atoms with Crippen LogP contribution in [0.1, 0.15) is 362 Å². The van der Waals surface area contributed by atoms with E-state index in [1.54, 1.807) is 0 Å². The largest absolute Gasteiger partial charge is 0.472 e. The molecule has 0 saturated carbocycles. The average Bonchev–Trinajstić information content (AvgIpc) is 0.969. The molecule has 0 heterocycles. The van der Waals surface area contributed by atoms with E-state index < -0.39 is 97.5 Å². The molecule has 3 N–H and O–H groups in total. The van der Waals surface area contributed by atoms with Gasteiger partial charge in [0, 0.05) is 25.7 Å². The molecule has 0 amide bonds. The van der Waals surface area contributed by atoms with Crippen molar-refractivity contribution in [1.29, 1.82) is 0 Å². The predicted molar refractivity (Wildman–Crippen MR) is 400 cm³/mol. The SMILES string of the molecule is CC/C=C\C/C=C\C/C=C\C/C=C\CCCCCCC(=O)OCC(COP(=O)(O)OCC(O)COP(=O)(O)OCC(COC(=O)CCCCCCCCCCCCCCCCC)OC(=O)CCCCCCC/C=C\CCCCCC)OC(=O)CCCCCCCCCCCCCCC. The molecule has 0 aliphatic rings. The van der Waals surface area contributed by atoms with Crippen LogP contribution in [0.5, 0.6) is 0 Å². The van der Waals surface area contributed by atoms with Gasteiger partial charge in [-0.1, -0.05) is 307 Å². The molecule has 0 aliphatic carbocycles. The van der Waals surface area contributed by atoms with Crippen LogP contribution in [0.15, 0.2) is 60.8 Å². The lowest BCUT2D eigenvalue weighted by Crippen LogP contribution is -2.30. The maximum atomic E-state index is 13.1. The van der Waals surface area contributed by atoms with Gasteiger partial charge in [0.05, 0.1) is 26.4 Å². The highest BCUT2D eigenvalue weighted by Crippen LogP contribution is 2.45. The summed E-state index contributed by atoms with van der Waals surface area (Å²) in [6.45, 7) is 4.78. The molecule has 0 fully saturated rings. The van der Waals surface area contributed by atoms with Gasteiger partial charge in [0.1, 0.15) is 19.3 Å². The third-order valence-corrected chi connectivity index (χ3v) is 18.9. The number of unbranched alkanes of at least 4 members (excludes halogenated alkanes) is 39. The summed E-state index contributed by atoms with van der Waals surface area (Å²) in [5.74, 6) is -2.17. The van der Waals surface area contributed by atoms with E-state index in [9.17, 15) is 43.2 Å². The van der Waals surface area contributed by atoms with Crippen LogP contribution >= 0.6 is 15.6 Å². The van der Waals surface area contributed by atoms with Crippen LogP contribution in [-0.4, -0.2) is 96.7 Å². The maximum Gasteiger partial charge on any atom is 0.472 e. The van der Waals surface area contributed by atoms with Crippen LogP contribution in [0.2, 0.25) is 0 Å². The van der Waals surface area contributed by atoms with Crippen LogP contribution < -0.4 is 0 Å². The zero-order valence-electron chi connectivity index (χ0n) is 62.5. The Kier molecular flexibility index (Phi) is 69.7. The minimum Gasteiger partial charge on any atom is -0.462 e. The van der Waals surface area contributed by atoms with Gasteiger partial charge in [-0.3, -0.25) is 37.3 Å². The summed E-state index contributed by atoms with van der Waals surface area (Å²) in [6.07, 6.45) is 70.6. The summed E-state index contributed by atoms with van der Waals surface area (Å²) in [4.78, 5) is 72.9. The average molecular weight is 1430 g/mol. The van der Waals surface area contributed by atoms with Gasteiger partial charge in [0.2, 0.25) is 0 Å². The van der Waals surface area contributed by atoms with Gasteiger partial charge in [-0.15, -0.1) is 0 Å². The first kappa shape index (κ1) is 94.8. The summed E-state index contributed by atoms with van der Waals surface area (Å²) in [5.41, 5.74) is 0. The lowest BCUT2D eigenvalue weighted by atomic mass is 10.0. The van der Waals surface area contributed by atoms with E-state index >= 15 is 0 Å². The van der Waals surface area contributed by atoms with Gasteiger partial charge in [-0.25, -0.2) is 9.13 Å². The van der Waals surface area contributed by atoms with Gasteiger partial charge in [-0.05, 0) is 89.9 Å². The number of rotatable bonds is 75. The Bertz CT molecular complexity index is 2100. The number of aliphatic hydroxyl groups excluding tert-OH is 1. The molecule has 0 spiro atoms. The predicted octanol–water partition coefficient (Wildman–Crippen LogP) is 22.7. The van der Waals surface area contributed by atoms with E-state index in [2.05, 4.69) is 88.5 Å². The molecule has 572 valence electrons. The van der Waals surface area contributed by atoms with Gasteiger partial charge in [0.25, 0.3) is 0 Å². The summed E-state index contributed by atoms with van der Waals surface area (Å²) in [5, 5.41) is 10.6. The van der Waals surface area contributed by atoms with Crippen molar-refractivity contribution in [3.05, 3.63) is 60.8 Å². The van der Waals surface area contributed by atoms with Crippen molar-refractivity contribution in [2.75, 3.05) is 39.6 Å². The molecule has 0 radical (unpaired) electrons. The number of phosphoric ester groups is 2. The van der Waals surface area contributed by atoms with Crippen molar-refractivity contribution in [1.82, 2.24) is 0 Å². The third kappa shape index (κ3) is 71.2. The summed E-state index contributed by atoms with van der Waals surface area (Å²) in [7, 11) is -9.94. The van der Waals surface area contributed by atoms with Crippen molar-refractivity contribution in [2.24, 2.45) is 0 Å². The Morgan fingerprint density at radius 1 is 0.296 bits per heavy atom. The summed E-state index contributed by atoms with van der Waals surface area (Å²) < 4.78 is 68.5. The number of allylic oxidation sites excluding steroid dienone is 10. The van der Waals surface area contributed by atoms with Crippen LogP contribution in [0.4, 0.5) is 0 Å². The highest BCUT2D eigenvalue weighted by Gasteiger charge is 2.30. The number of aliphatic hydroxyl groups is 1. The van der Waals surface area contributed by atoms with Crippen molar-refractivity contribution < 1.29 is 80.2 Å². The Hall–Kier alpha value is -3.24. The zero-order chi connectivity index (χ0) is 71.8.